The lowest BCUT2D eigenvalue weighted by Crippen LogP contribution is -2.14. The third-order valence-electron chi connectivity index (χ3n) is 3.06. The Hall–Kier alpha value is -1.94. The summed E-state index contributed by atoms with van der Waals surface area (Å²) in [6.07, 6.45) is -0.479. The van der Waals surface area contributed by atoms with Crippen LogP contribution in [0.2, 0.25) is 0 Å². The Balaban J connectivity index is 1.97. The molecule has 0 saturated heterocycles. The van der Waals surface area contributed by atoms with Gasteiger partial charge in [0, 0.05) is 4.90 Å². The van der Waals surface area contributed by atoms with Crippen LogP contribution in [0.1, 0.15) is 16.7 Å². The van der Waals surface area contributed by atoms with E-state index in [1.54, 1.807) is 0 Å². The number of carbonyl (C=O) groups excluding carboxylic acids is 1. The first-order valence-corrected chi connectivity index (χ1v) is 6.79. The molecule has 0 saturated carbocycles. The highest BCUT2D eigenvalue weighted by Gasteiger charge is 2.08. The maximum Gasteiger partial charge on any atom is 0.411 e. The van der Waals surface area contributed by atoms with Crippen LogP contribution in [0.5, 0.6) is 0 Å². The van der Waals surface area contributed by atoms with E-state index in [1.165, 1.54) is 0 Å². The van der Waals surface area contributed by atoms with Gasteiger partial charge in [-0.3, -0.25) is 5.32 Å². The zero-order valence-electron chi connectivity index (χ0n) is 11.5. The Kier molecular flexibility index (Phi) is 4.69. The average molecular weight is 287 g/mol. The zero-order chi connectivity index (χ0) is 14.5. The molecule has 0 heterocycles. The van der Waals surface area contributed by atoms with Crippen molar-refractivity contribution in [3.63, 3.8) is 0 Å². The van der Waals surface area contributed by atoms with E-state index in [-0.39, 0.29) is 6.61 Å². The van der Waals surface area contributed by atoms with Gasteiger partial charge in [0.15, 0.2) is 0 Å². The molecule has 3 nitrogen and oxygen atoms in total. The number of hydrogen-bond donors (Lipinski definition) is 2. The van der Waals surface area contributed by atoms with E-state index >= 15 is 0 Å². The molecule has 0 unspecified atom stereocenters. The van der Waals surface area contributed by atoms with E-state index in [2.05, 4.69) is 17.9 Å². The fraction of sp³-hybridized carbons (Fsp3) is 0.188. The smallest absolute Gasteiger partial charge is 0.411 e. The second-order valence-corrected chi connectivity index (χ2v) is 5.12. The summed E-state index contributed by atoms with van der Waals surface area (Å²) in [7, 11) is 0. The Morgan fingerprint density at radius 3 is 2.50 bits per heavy atom. The predicted molar refractivity (Wildman–Crippen MR) is 83.4 cm³/mol. The van der Waals surface area contributed by atoms with Crippen LogP contribution in [0.3, 0.4) is 0 Å². The summed E-state index contributed by atoms with van der Waals surface area (Å²) in [6, 6.07) is 13.4. The lowest BCUT2D eigenvalue weighted by atomic mass is 10.1. The summed E-state index contributed by atoms with van der Waals surface area (Å²) >= 11 is 4.36. The SMILES string of the molecule is Cc1cc(S)c(NC(=O)OCc2ccccc2)cc1C. The number of nitrogens with one attached hydrogen (secondary N) is 1. The Bertz CT molecular complexity index is 611. The van der Waals surface area contributed by atoms with E-state index in [0.29, 0.717) is 5.69 Å². The first-order valence-electron chi connectivity index (χ1n) is 6.34. The minimum atomic E-state index is -0.479. The van der Waals surface area contributed by atoms with Gasteiger partial charge in [0.2, 0.25) is 0 Å². The van der Waals surface area contributed by atoms with Crippen molar-refractivity contribution in [1.82, 2.24) is 0 Å². The molecular weight excluding hydrogens is 270 g/mol. The van der Waals surface area contributed by atoms with E-state index in [1.807, 2.05) is 56.3 Å². The Labute approximate surface area is 124 Å². The van der Waals surface area contributed by atoms with Crippen molar-refractivity contribution in [2.75, 3.05) is 5.32 Å². The fourth-order valence-corrected chi connectivity index (χ4v) is 2.08. The summed E-state index contributed by atoms with van der Waals surface area (Å²) in [6.45, 7) is 4.25. The molecule has 2 aromatic rings. The van der Waals surface area contributed by atoms with Crippen LogP contribution >= 0.6 is 12.6 Å². The summed E-state index contributed by atoms with van der Waals surface area (Å²) in [5, 5.41) is 2.71. The summed E-state index contributed by atoms with van der Waals surface area (Å²) in [4.78, 5) is 12.5. The number of ether oxygens (including phenoxy) is 1. The van der Waals surface area contributed by atoms with Gasteiger partial charge in [-0.25, -0.2) is 4.79 Å². The topological polar surface area (TPSA) is 38.3 Å². The van der Waals surface area contributed by atoms with E-state index in [4.69, 9.17) is 4.74 Å². The summed E-state index contributed by atoms with van der Waals surface area (Å²) in [5.74, 6) is 0. The third-order valence-corrected chi connectivity index (χ3v) is 3.43. The van der Waals surface area contributed by atoms with Gasteiger partial charge >= 0.3 is 6.09 Å². The lowest BCUT2D eigenvalue weighted by molar-refractivity contribution is 0.155. The molecule has 1 amide bonds. The molecule has 1 N–H and O–H groups in total. The average Bonchev–Trinajstić information content (AvgIpc) is 2.44. The van der Waals surface area contributed by atoms with Crippen molar-refractivity contribution < 1.29 is 9.53 Å². The molecule has 2 aromatic carbocycles. The Morgan fingerprint density at radius 2 is 1.80 bits per heavy atom. The number of rotatable bonds is 3. The number of hydrogen-bond acceptors (Lipinski definition) is 3. The monoisotopic (exact) mass is 287 g/mol. The summed E-state index contributed by atoms with van der Waals surface area (Å²) < 4.78 is 5.17. The highest BCUT2D eigenvalue weighted by atomic mass is 32.1. The zero-order valence-corrected chi connectivity index (χ0v) is 12.4. The molecule has 0 aromatic heterocycles. The van der Waals surface area contributed by atoms with Crippen LogP contribution in [-0.4, -0.2) is 6.09 Å². The van der Waals surface area contributed by atoms with Crippen molar-refractivity contribution in [1.29, 1.82) is 0 Å². The minimum Gasteiger partial charge on any atom is -0.444 e. The molecular formula is C16H17NO2S. The number of amides is 1. The summed E-state index contributed by atoms with van der Waals surface area (Å²) in [5.41, 5.74) is 3.85. The minimum absolute atomic E-state index is 0.249. The second-order valence-electron chi connectivity index (χ2n) is 4.64. The molecule has 0 spiro atoms. The molecule has 0 aliphatic heterocycles. The Morgan fingerprint density at radius 1 is 1.15 bits per heavy atom. The lowest BCUT2D eigenvalue weighted by Gasteiger charge is -2.11. The molecule has 0 atom stereocenters. The molecule has 0 aliphatic carbocycles. The largest absolute Gasteiger partial charge is 0.444 e. The van der Waals surface area contributed by atoms with Crippen molar-refractivity contribution in [3.05, 3.63) is 59.2 Å². The quantitative estimate of drug-likeness (QED) is 0.824. The van der Waals surface area contributed by atoms with E-state index < -0.39 is 6.09 Å². The maximum atomic E-state index is 11.8. The van der Waals surface area contributed by atoms with Crippen LogP contribution < -0.4 is 5.32 Å². The molecule has 104 valence electrons. The van der Waals surface area contributed by atoms with Crippen molar-refractivity contribution >= 4 is 24.4 Å². The number of carbonyl (C=O) groups is 1. The van der Waals surface area contributed by atoms with Crippen molar-refractivity contribution in [2.24, 2.45) is 0 Å². The number of benzene rings is 2. The van der Waals surface area contributed by atoms with Crippen molar-refractivity contribution in [2.45, 2.75) is 25.3 Å². The van der Waals surface area contributed by atoms with Gasteiger partial charge in [-0.1, -0.05) is 30.3 Å². The van der Waals surface area contributed by atoms with Gasteiger partial charge in [-0.2, -0.15) is 0 Å². The third kappa shape index (κ3) is 3.78. The molecule has 0 fully saturated rings. The standard InChI is InChI=1S/C16H17NO2S/c1-11-8-14(15(20)9-12(11)2)17-16(18)19-10-13-6-4-3-5-7-13/h3-9,20H,10H2,1-2H3,(H,17,18). The first-order chi connectivity index (χ1) is 9.56. The molecule has 0 bridgehead atoms. The van der Waals surface area contributed by atoms with E-state index in [9.17, 15) is 4.79 Å². The molecule has 0 aliphatic rings. The normalized spacial score (nSPS) is 10.2. The van der Waals surface area contributed by atoms with Crippen LogP contribution in [0.25, 0.3) is 0 Å². The number of anilines is 1. The maximum absolute atomic E-state index is 11.8. The molecule has 2 rings (SSSR count). The highest BCUT2D eigenvalue weighted by Crippen LogP contribution is 2.24. The highest BCUT2D eigenvalue weighted by molar-refractivity contribution is 7.80. The van der Waals surface area contributed by atoms with Crippen molar-refractivity contribution in [3.8, 4) is 0 Å². The fourth-order valence-electron chi connectivity index (χ4n) is 1.77. The number of aryl methyl sites for hydroxylation is 2. The van der Waals surface area contributed by atoms with Crippen LogP contribution in [0.15, 0.2) is 47.4 Å². The van der Waals surface area contributed by atoms with Gasteiger partial charge in [0.1, 0.15) is 6.61 Å². The second kappa shape index (κ2) is 6.48. The van der Waals surface area contributed by atoms with Gasteiger partial charge < -0.3 is 4.74 Å². The van der Waals surface area contributed by atoms with Crippen LogP contribution in [-0.2, 0) is 11.3 Å². The molecule has 20 heavy (non-hydrogen) atoms. The number of thiol groups is 1. The van der Waals surface area contributed by atoms with Gasteiger partial charge in [-0.05, 0) is 42.7 Å². The van der Waals surface area contributed by atoms with Gasteiger partial charge in [0.25, 0.3) is 0 Å². The van der Waals surface area contributed by atoms with Gasteiger partial charge in [0.05, 0.1) is 5.69 Å². The molecule has 0 radical (unpaired) electrons. The van der Waals surface area contributed by atoms with Gasteiger partial charge in [-0.15, -0.1) is 12.6 Å². The molecule has 4 heteroatoms. The van der Waals surface area contributed by atoms with Crippen LogP contribution in [0.4, 0.5) is 10.5 Å². The van der Waals surface area contributed by atoms with Crippen LogP contribution in [0, 0.1) is 13.8 Å². The predicted octanol–water partition coefficient (Wildman–Crippen LogP) is 4.34. The van der Waals surface area contributed by atoms with E-state index in [0.717, 1.165) is 21.6 Å². The first kappa shape index (κ1) is 14.5.